The largest absolute Gasteiger partial charge is 0.349 e. The molecule has 1 aliphatic rings. The van der Waals surface area contributed by atoms with Gasteiger partial charge in [-0.1, -0.05) is 19.8 Å². The number of rotatable bonds is 2. The van der Waals surface area contributed by atoms with Gasteiger partial charge < -0.3 is 5.32 Å². The first kappa shape index (κ1) is 11.6. The zero-order valence-electron chi connectivity index (χ0n) is 9.95. The van der Waals surface area contributed by atoms with Crippen molar-refractivity contribution in [2.24, 2.45) is 5.92 Å². The standard InChI is InChI=1S/C13H19NOS/c1-9-5-3-4-6-12(9)14-13(15)11-7-10(2)16-8-11/h7-9,12H,3-6H2,1-2H3,(H,14,15)/t9-,12+/m0/s1. The predicted octanol–water partition coefficient (Wildman–Crippen LogP) is 3.37. The lowest BCUT2D eigenvalue weighted by atomic mass is 9.86. The summed E-state index contributed by atoms with van der Waals surface area (Å²) in [5.74, 6) is 0.723. The van der Waals surface area contributed by atoms with Crippen LogP contribution in [0.15, 0.2) is 11.4 Å². The second-order valence-electron chi connectivity index (χ2n) is 4.79. The van der Waals surface area contributed by atoms with Gasteiger partial charge in [0, 0.05) is 16.3 Å². The second kappa shape index (κ2) is 5.00. The van der Waals surface area contributed by atoms with Crippen LogP contribution in [0.1, 0.15) is 47.8 Å². The lowest BCUT2D eigenvalue weighted by Crippen LogP contribution is -2.40. The number of hydrogen-bond acceptors (Lipinski definition) is 2. The van der Waals surface area contributed by atoms with Crippen molar-refractivity contribution < 1.29 is 4.79 Å². The van der Waals surface area contributed by atoms with E-state index in [0.717, 1.165) is 12.0 Å². The third-order valence-corrected chi connectivity index (χ3v) is 4.28. The van der Waals surface area contributed by atoms with Gasteiger partial charge in [0.25, 0.3) is 5.91 Å². The van der Waals surface area contributed by atoms with E-state index in [1.165, 1.54) is 24.1 Å². The molecule has 3 heteroatoms. The molecule has 0 aliphatic heterocycles. The summed E-state index contributed by atoms with van der Waals surface area (Å²) >= 11 is 1.63. The van der Waals surface area contributed by atoms with E-state index in [2.05, 4.69) is 12.2 Å². The van der Waals surface area contributed by atoms with Crippen molar-refractivity contribution in [3.8, 4) is 0 Å². The lowest BCUT2D eigenvalue weighted by molar-refractivity contribution is 0.0910. The molecule has 0 spiro atoms. The van der Waals surface area contributed by atoms with Gasteiger partial charge in [-0.05, 0) is 31.7 Å². The SMILES string of the molecule is Cc1cc(C(=O)N[C@@H]2CCCC[C@@H]2C)cs1. The number of carbonyl (C=O) groups excluding carboxylic acids is 1. The summed E-state index contributed by atoms with van der Waals surface area (Å²) in [6.07, 6.45) is 4.94. The molecular weight excluding hydrogens is 218 g/mol. The Labute approximate surface area is 101 Å². The van der Waals surface area contributed by atoms with Crippen molar-refractivity contribution in [3.63, 3.8) is 0 Å². The first-order chi connectivity index (χ1) is 7.66. The number of amides is 1. The average Bonchev–Trinajstić information content (AvgIpc) is 2.68. The van der Waals surface area contributed by atoms with Crippen molar-refractivity contribution in [1.29, 1.82) is 0 Å². The highest BCUT2D eigenvalue weighted by molar-refractivity contribution is 7.10. The number of carbonyl (C=O) groups is 1. The Morgan fingerprint density at radius 2 is 2.19 bits per heavy atom. The summed E-state index contributed by atoms with van der Waals surface area (Å²) in [7, 11) is 0. The van der Waals surface area contributed by atoms with Crippen LogP contribution in [0, 0.1) is 12.8 Å². The van der Waals surface area contributed by atoms with Crippen LogP contribution >= 0.6 is 11.3 Å². The summed E-state index contributed by atoms with van der Waals surface area (Å²) in [6.45, 7) is 4.27. The van der Waals surface area contributed by atoms with Gasteiger partial charge in [-0.2, -0.15) is 0 Å². The Morgan fingerprint density at radius 1 is 1.44 bits per heavy atom. The van der Waals surface area contributed by atoms with E-state index in [9.17, 15) is 4.79 Å². The van der Waals surface area contributed by atoms with Crippen LogP contribution in [0.25, 0.3) is 0 Å². The van der Waals surface area contributed by atoms with E-state index in [1.807, 2.05) is 18.4 Å². The van der Waals surface area contributed by atoms with Crippen LogP contribution in [-0.2, 0) is 0 Å². The van der Waals surface area contributed by atoms with E-state index in [0.29, 0.717) is 12.0 Å². The van der Waals surface area contributed by atoms with Crippen molar-refractivity contribution >= 4 is 17.2 Å². The highest BCUT2D eigenvalue weighted by atomic mass is 32.1. The smallest absolute Gasteiger partial charge is 0.252 e. The molecule has 1 saturated carbocycles. The fourth-order valence-electron chi connectivity index (χ4n) is 2.34. The summed E-state index contributed by atoms with van der Waals surface area (Å²) in [5, 5.41) is 5.11. The predicted molar refractivity (Wildman–Crippen MR) is 67.9 cm³/mol. The van der Waals surface area contributed by atoms with Crippen LogP contribution in [0.3, 0.4) is 0 Å². The summed E-state index contributed by atoms with van der Waals surface area (Å²) < 4.78 is 0. The normalized spacial score (nSPS) is 25.4. The van der Waals surface area contributed by atoms with E-state index >= 15 is 0 Å². The average molecular weight is 237 g/mol. The third-order valence-electron chi connectivity index (χ3n) is 3.42. The number of hydrogen-bond donors (Lipinski definition) is 1. The minimum atomic E-state index is 0.100. The molecule has 1 heterocycles. The third kappa shape index (κ3) is 2.64. The first-order valence-corrected chi connectivity index (χ1v) is 6.91. The van der Waals surface area contributed by atoms with Crippen molar-refractivity contribution in [1.82, 2.24) is 5.32 Å². The van der Waals surface area contributed by atoms with E-state index in [-0.39, 0.29) is 5.91 Å². The quantitative estimate of drug-likeness (QED) is 0.839. The number of thiophene rings is 1. The molecule has 1 aliphatic carbocycles. The molecule has 0 bridgehead atoms. The molecule has 1 fully saturated rings. The molecule has 0 unspecified atom stereocenters. The second-order valence-corrected chi connectivity index (χ2v) is 5.90. The summed E-state index contributed by atoms with van der Waals surface area (Å²) in [5.41, 5.74) is 0.820. The van der Waals surface area contributed by atoms with E-state index < -0.39 is 0 Å². The summed E-state index contributed by atoms with van der Waals surface area (Å²) in [6, 6.07) is 2.34. The first-order valence-electron chi connectivity index (χ1n) is 6.03. The van der Waals surface area contributed by atoms with E-state index in [4.69, 9.17) is 0 Å². The fraction of sp³-hybridized carbons (Fsp3) is 0.615. The zero-order valence-corrected chi connectivity index (χ0v) is 10.8. The molecule has 2 rings (SSSR count). The van der Waals surface area contributed by atoms with Crippen molar-refractivity contribution in [2.45, 2.75) is 45.6 Å². The maximum absolute atomic E-state index is 12.0. The number of aryl methyl sites for hydroxylation is 1. The molecule has 1 amide bonds. The molecule has 88 valence electrons. The van der Waals surface area contributed by atoms with Crippen LogP contribution < -0.4 is 5.32 Å². The van der Waals surface area contributed by atoms with Gasteiger partial charge in [0.05, 0.1) is 5.56 Å². The Morgan fingerprint density at radius 3 is 2.81 bits per heavy atom. The maximum Gasteiger partial charge on any atom is 0.252 e. The van der Waals surface area contributed by atoms with Gasteiger partial charge in [-0.15, -0.1) is 11.3 Å². The van der Waals surface area contributed by atoms with Gasteiger partial charge >= 0.3 is 0 Å². The molecule has 1 N–H and O–H groups in total. The van der Waals surface area contributed by atoms with Gasteiger partial charge in [-0.25, -0.2) is 0 Å². The van der Waals surface area contributed by atoms with Gasteiger partial charge in [-0.3, -0.25) is 4.79 Å². The highest BCUT2D eigenvalue weighted by Gasteiger charge is 2.23. The van der Waals surface area contributed by atoms with Crippen LogP contribution in [0.2, 0.25) is 0 Å². The minimum Gasteiger partial charge on any atom is -0.349 e. The molecule has 1 aromatic heterocycles. The fourth-order valence-corrected chi connectivity index (χ4v) is 3.03. The lowest BCUT2D eigenvalue weighted by Gasteiger charge is -2.29. The monoisotopic (exact) mass is 237 g/mol. The molecule has 0 radical (unpaired) electrons. The van der Waals surface area contributed by atoms with Gasteiger partial charge in [0.1, 0.15) is 0 Å². The topological polar surface area (TPSA) is 29.1 Å². The summed E-state index contributed by atoms with van der Waals surface area (Å²) in [4.78, 5) is 13.2. The molecule has 16 heavy (non-hydrogen) atoms. The minimum absolute atomic E-state index is 0.100. The molecule has 0 aromatic carbocycles. The molecule has 2 nitrogen and oxygen atoms in total. The molecule has 2 atom stereocenters. The van der Waals surface area contributed by atoms with Gasteiger partial charge in [0.2, 0.25) is 0 Å². The Hall–Kier alpha value is -0.830. The molecule has 0 saturated heterocycles. The maximum atomic E-state index is 12.0. The number of nitrogens with one attached hydrogen (secondary N) is 1. The van der Waals surface area contributed by atoms with Gasteiger partial charge in [0.15, 0.2) is 0 Å². The van der Waals surface area contributed by atoms with E-state index in [1.54, 1.807) is 11.3 Å². The molecule has 1 aromatic rings. The highest BCUT2D eigenvalue weighted by Crippen LogP contribution is 2.24. The van der Waals surface area contributed by atoms with Crippen LogP contribution in [0.4, 0.5) is 0 Å². The molecular formula is C13H19NOS. The van der Waals surface area contributed by atoms with Crippen LogP contribution in [-0.4, -0.2) is 11.9 Å². The van der Waals surface area contributed by atoms with Crippen LogP contribution in [0.5, 0.6) is 0 Å². The zero-order chi connectivity index (χ0) is 11.5. The Bertz CT molecular complexity index is 372. The van der Waals surface area contributed by atoms with Crippen molar-refractivity contribution in [3.05, 3.63) is 21.9 Å². The van der Waals surface area contributed by atoms with Crippen molar-refractivity contribution in [2.75, 3.05) is 0 Å². The Kier molecular flexibility index (Phi) is 3.64. The Balaban J connectivity index is 1.96.